The average molecular weight is 563 g/mol. The van der Waals surface area contributed by atoms with E-state index < -0.39 is 0 Å². The van der Waals surface area contributed by atoms with Crippen LogP contribution in [0.25, 0.3) is 0 Å². The number of likely N-dealkylation sites (tertiary alicyclic amines) is 1. The third-order valence-electron chi connectivity index (χ3n) is 6.62. The summed E-state index contributed by atoms with van der Waals surface area (Å²) in [4.78, 5) is 15.6. The Balaban J connectivity index is 0. The molecule has 2 aliphatic heterocycles. The number of hydrogen-bond acceptors (Lipinski definition) is 6. The fourth-order valence-corrected chi connectivity index (χ4v) is 4.61. The van der Waals surface area contributed by atoms with Crippen molar-refractivity contribution in [2.24, 2.45) is 5.73 Å². The Kier molecular flexibility index (Phi) is 28.8. The van der Waals surface area contributed by atoms with Crippen LogP contribution in [0.4, 0.5) is 0 Å². The van der Waals surface area contributed by atoms with Gasteiger partial charge < -0.3 is 25.5 Å². The van der Waals surface area contributed by atoms with Gasteiger partial charge in [0.05, 0.1) is 13.2 Å². The molecule has 3 N–H and O–H groups in total. The molecular weight excluding hydrogens is 496 g/mol. The summed E-state index contributed by atoms with van der Waals surface area (Å²) in [5.74, 6) is 1.62. The van der Waals surface area contributed by atoms with Crippen molar-refractivity contribution in [3.05, 3.63) is 41.6 Å². The number of carbonyl (C=O) groups is 1. The SMILES string of the molecule is C/C=C\N.CCC.CCCC1CC(c2ccc3c(c2)CCO3)CN1CC=O.CCCCN(C)CCCC.CNC. The molecule has 0 radical (unpaired) electrons. The van der Waals surface area contributed by atoms with Crippen molar-refractivity contribution in [2.45, 2.75) is 111 Å². The first-order valence-electron chi connectivity index (χ1n) is 15.9. The molecule has 0 amide bonds. The smallest absolute Gasteiger partial charge is 0.133 e. The van der Waals surface area contributed by atoms with Gasteiger partial charge in [-0.15, -0.1) is 0 Å². The molecule has 234 valence electrons. The number of nitrogens with two attached hydrogens (primary N) is 1. The number of benzene rings is 1. The minimum Gasteiger partial charge on any atom is -0.493 e. The molecule has 1 aromatic rings. The number of hydrogen-bond donors (Lipinski definition) is 2. The van der Waals surface area contributed by atoms with Crippen LogP contribution in [0.2, 0.25) is 0 Å². The number of nitrogens with one attached hydrogen (secondary N) is 1. The standard InChI is InChI=1S/C17H23NO2.C9H21N.C3H7N.C3H8.C2H7N/c1-2-3-16-11-15(12-18(16)7-8-19)13-4-5-17-14(10-13)6-9-20-17;1-4-6-8-10(3)9-7-5-2;1-2-3-4;2*1-3-2/h4-5,8,10,15-16H,2-3,6-7,9,11-12H2,1H3;4-9H2,1-3H3;2-3H,4H2,1H3;3H2,1-2H3;3H,1-2H3/b;;3-2-;;. The van der Waals surface area contributed by atoms with Gasteiger partial charge in [0, 0.05) is 19.0 Å². The van der Waals surface area contributed by atoms with Gasteiger partial charge >= 0.3 is 0 Å². The lowest BCUT2D eigenvalue weighted by Crippen LogP contribution is -2.31. The lowest BCUT2D eigenvalue weighted by Gasteiger charge is -2.20. The number of carbonyl (C=O) groups excluding carboxylic acids is 1. The fraction of sp³-hybridized carbons (Fsp3) is 0.735. The summed E-state index contributed by atoms with van der Waals surface area (Å²) < 4.78 is 5.58. The zero-order valence-electron chi connectivity index (χ0n) is 27.8. The number of ether oxygens (including phenoxy) is 1. The van der Waals surface area contributed by atoms with Crippen LogP contribution in [-0.2, 0) is 11.2 Å². The second kappa shape index (κ2) is 28.6. The minimum atomic E-state index is 0.567. The highest BCUT2D eigenvalue weighted by atomic mass is 16.5. The number of nitrogens with zero attached hydrogens (tertiary/aromatic N) is 2. The summed E-state index contributed by atoms with van der Waals surface area (Å²) in [6.45, 7) is 17.8. The predicted molar refractivity (Wildman–Crippen MR) is 177 cm³/mol. The normalized spacial score (nSPS) is 17.2. The molecule has 0 aliphatic carbocycles. The lowest BCUT2D eigenvalue weighted by atomic mass is 9.93. The Morgan fingerprint density at radius 2 is 1.65 bits per heavy atom. The molecule has 3 rings (SSSR count). The van der Waals surface area contributed by atoms with Crippen LogP contribution in [0.5, 0.6) is 5.75 Å². The molecule has 2 atom stereocenters. The first kappa shape index (κ1) is 40.2. The van der Waals surface area contributed by atoms with Gasteiger partial charge in [-0.2, -0.15) is 0 Å². The van der Waals surface area contributed by atoms with E-state index in [0.717, 1.165) is 31.6 Å². The van der Waals surface area contributed by atoms with E-state index in [9.17, 15) is 4.79 Å². The molecule has 2 aliphatic rings. The maximum Gasteiger partial charge on any atom is 0.133 e. The van der Waals surface area contributed by atoms with E-state index in [2.05, 4.69) is 75.0 Å². The number of allylic oxidation sites excluding steroid dienone is 1. The van der Waals surface area contributed by atoms with Crippen LogP contribution in [-0.4, -0.2) is 76.1 Å². The molecular formula is C34H66N4O2. The molecule has 1 aromatic carbocycles. The van der Waals surface area contributed by atoms with E-state index in [4.69, 9.17) is 10.5 Å². The molecule has 1 saturated heterocycles. The molecule has 2 heterocycles. The van der Waals surface area contributed by atoms with Gasteiger partial charge in [-0.05, 0) is 96.2 Å². The average Bonchev–Trinajstić information content (AvgIpc) is 3.59. The van der Waals surface area contributed by atoms with Gasteiger partial charge in [0.15, 0.2) is 0 Å². The van der Waals surface area contributed by atoms with Gasteiger partial charge in [-0.3, -0.25) is 4.90 Å². The molecule has 40 heavy (non-hydrogen) atoms. The topological polar surface area (TPSA) is 70.8 Å². The first-order chi connectivity index (χ1) is 19.4. The summed E-state index contributed by atoms with van der Waals surface area (Å²) in [6, 6.07) is 7.22. The predicted octanol–water partition coefficient (Wildman–Crippen LogP) is 7.03. The molecule has 0 aromatic heterocycles. The van der Waals surface area contributed by atoms with Crippen LogP contribution in [0.3, 0.4) is 0 Å². The fourth-order valence-electron chi connectivity index (χ4n) is 4.61. The monoisotopic (exact) mass is 563 g/mol. The number of fused-ring (bicyclic) bond motifs is 1. The third kappa shape index (κ3) is 19.2. The zero-order chi connectivity index (χ0) is 30.6. The van der Waals surface area contributed by atoms with Gasteiger partial charge in [-0.25, -0.2) is 0 Å². The molecule has 0 bridgehead atoms. The zero-order valence-corrected chi connectivity index (χ0v) is 27.8. The van der Waals surface area contributed by atoms with Crippen molar-refractivity contribution in [1.29, 1.82) is 0 Å². The Morgan fingerprint density at radius 3 is 2.12 bits per heavy atom. The van der Waals surface area contributed by atoms with Crippen molar-refractivity contribution in [1.82, 2.24) is 15.1 Å². The van der Waals surface area contributed by atoms with Crippen molar-refractivity contribution >= 4 is 6.29 Å². The maximum absolute atomic E-state index is 10.8. The van der Waals surface area contributed by atoms with Crippen LogP contribution in [0.1, 0.15) is 110 Å². The van der Waals surface area contributed by atoms with Crippen molar-refractivity contribution in [2.75, 3.05) is 53.9 Å². The van der Waals surface area contributed by atoms with Crippen molar-refractivity contribution in [3.8, 4) is 5.75 Å². The summed E-state index contributed by atoms with van der Waals surface area (Å²) >= 11 is 0. The number of unbranched alkanes of at least 4 members (excludes halogenated alkanes) is 2. The lowest BCUT2D eigenvalue weighted by molar-refractivity contribution is -0.109. The van der Waals surface area contributed by atoms with E-state index in [1.54, 1.807) is 6.08 Å². The molecule has 0 saturated carbocycles. The third-order valence-corrected chi connectivity index (χ3v) is 6.62. The van der Waals surface area contributed by atoms with Crippen LogP contribution in [0, 0.1) is 0 Å². The number of rotatable bonds is 11. The summed E-state index contributed by atoms with van der Waals surface area (Å²) in [7, 11) is 5.96. The van der Waals surface area contributed by atoms with E-state index in [1.807, 2.05) is 21.0 Å². The van der Waals surface area contributed by atoms with E-state index in [-0.39, 0.29) is 0 Å². The molecule has 2 unspecified atom stereocenters. The summed E-state index contributed by atoms with van der Waals surface area (Å²) in [5.41, 5.74) is 7.62. The van der Waals surface area contributed by atoms with Gasteiger partial charge in [0.1, 0.15) is 12.0 Å². The Bertz CT molecular complexity index is 712. The maximum atomic E-state index is 10.8. The van der Waals surface area contributed by atoms with Gasteiger partial charge in [0.25, 0.3) is 0 Å². The largest absolute Gasteiger partial charge is 0.493 e. The van der Waals surface area contributed by atoms with Crippen LogP contribution >= 0.6 is 0 Å². The van der Waals surface area contributed by atoms with Crippen molar-refractivity contribution < 1.29 is 9.53 Å². The van der Waals surface area contributed by atoms with Gasteiger partial charge in [0.2, 0.25) is 0 Å². The number of aldehydes is 1. The molecule has 0 spiro atoms. The molecule has 1 fully saturated rings. The highest BCUT2D eigenvalue weighted by molar-refractivity contribution is 5.52. The van der Waals surface area contributed by atoms with Gasteiger partial charge in [-0.1, -0.05) is 78.5 Å². The Hall–Kier alpha value is -1.89. The van der Waals surface area contributed by atoms with Crippen LogP contribution in [0.15, 0.2) is 30.5 Å². The minimum absolute atomic E-state index is 0.567. The second-order valence-electron chi connectivity index (χ2n) is 10.7. The van der Waals surface area contributed by atoms with Crippen LogP contribution < -0.4 is 15.8 Å². The molecule has 6 nitrogen and oxygen atoms in total. The van der Waals surface area contributed by atoms with E-state index in [1.165, 1.54) is 81.8 Å². The summed E-state index contributed by atoms with van der Waals surface area (Å²) in [6.07, 6.45) is 15.5. The molecule has 6 heteroatoms. The van der Waals surface area contributed by atoms with Crippen molar-refractivity contribution in [3.63, 3.8) is 0 Å². The van der Waals surface area contributed by atoms with E-state index >= 15 is 0 Å². The van der Waals surface area contributed by atoms with E-state index in [0.29, 0.717) is 18.5 Å². The quantitative estimate of drug-likeness (QED) is 0.282. The Morgan fingerprint density at radius 1 is 1.07 bits per heavy atom. The highest BCUT2D eigenvalue weighted by Crippen LogP contribution is 2.36. The highest BCUT2D eigenvalue weighted by Gasteiger charge is 2.32. The first-order valence-corrected chi connectivity index (χ1v) is 15.9. The second-order valence-corrected chi connectivity index (χ2v) is 10.7. The Labute approximate surface area is 249 Å². The summed E-state index contributed by atoms with van der Waals surface area (Å²) in [5, 5.41) is 2.75.